The number of carbonyl (C=O) groups is 2. The van der Waals surface area contributed by atoms with Crippen LogP contribution in [-0.4, -0.2) is 46.1 Å². The van der Waals surface area contributed by atoms with Crippen LogP contribution in [0.5, 0.6) is 0 Å². The third kappa shape index (κ3) is 5.02. The fourth-order valence-electron chi connectivity index (χ4n) is 4.09. The van der Waals surface area contributed by atoms with Crippen LogP contribution in [-0.2, 0) is 13.5 Å². The lowest BCUT2D eigenvalue weighted by atomic mass is 9.96. The molecule has 1 aliphatic heterocycles. The molecule has 0 spiro atoms. The van der Waals surface area contributed by atoms with Gasteiger partial charge in [-0.1, -0.05) is 48.5 Å². The first-order valence-corrected chi connectivity index (χ1v) is 10.8. The van der Waals surface area contributed by atoms with Crippen molar-refractivity contribution in [3.05, 3.63) is 89.2 Å². The lowest BCUT2D eigenvalue weighted by molar-refractivity contribution is 0.0684. The molecule has 2 aromatic carbocycles. The zero-order chi connectivity index (χ0) is 21.6. The molecule has 0 atom stereocenters. The van der Waals surface area contributed by atoms with E-state index in [-0.39, 0.29) is 11.8 Å². The number of rotatable bonds is 6. The number of likely N-dealkylation sites (tertiary alicyclic amines) is 1. The highest BCUT2D eigenvalue weighted by Crippen LogP contribution is 2.19. The first-order valence-electron chi connectivity index (χ1n) is 10.8. The Hall–Kier alpha value is -3.41. The molecule has 1 saturated heterocycles. The van der Waals surface area contributed by atoms with Gasteiger partial charge in [-0.15, -0.1) is 0 Å². The van der Waals surface area contributed by atoms with E-state index in [9.17, 15) is 9.59 Å². The molecule has 0 aliphatic carbocycles. The van der Waals surface area contributed by atoms with Crippen molar-refractivity contribution in [3.63, 3.8) is 0 Å². The Balaban J connectivity index is 1.30. The minimum Gasteiger partial charge on any atom is -0.352 e. The average Bonchev–Trinajstić information content (AvgIpc) is 3.18. The van der Waals surface area contributed by atoms with E-state index in [1.165, 1.54) is 0 Å². The molecule has 2 heterocycles. The van der Waals surface area contributed by atoms with Gasteiger partial charge in [-0.25, -0.2) is 0 Å². The topological polar surface area (TPSA) is 67.2 Å². The normalized spacial score (nSPS) is 14.4. The summed E-state index contributed by atoms with van der Waals surface area (Å²) < 4.78 is 1.77. The van der Waals surface area contributed by atoms with Crippen LogP contribution in [0.4, 0.5) is 0 Å². The molecule has 160 valence electrons. The molecule has 4 rings (SSSR count). The Morgan fingerprint density at radius 3 is 2.32 bits per heavy atom. The van der Waals surface area contributed by atoms with Crippen LogP contribution in [0.3, 0.4) is 0 Å². The maximum atomic E-state index is 12.8. The van der Waals surface area contributed by atoms with Gasteiger partial charge in [0.05, 0.1) is 17.5 Å². The Morgan fingerprint density at radius 1 is 1.00 bits per heavy atom. The van der Waals surface area contributed by atoms with Crippen LogP contribution in [0.1, 0.15) is 44.8 Å². The molecule has 31 heavy (non-hydrogen) atoms. The van der Waals surface area contributed by atoms with Gasteiger partial charge in [0.1, 0.15) is 0 Å². The fraction of sp³-hybridized carbons (Fsp3) is 0.320. The van der Waals surface area contributed by atoms with E-state index in [0.29, 0.717) is 24.4 Å². The van der Waals surface area contributed by atoms with Gasteiger partial charge in [0.2, 0.25) is 0 Å². The summed E-state index contributed by atoms with van der Waals surface area (Å²) >= 11 is 0. The summed E-state index contributed by atoms with van der Waals surface area (Å²) in [6, 6.07) is 19.5. The summed E-state index contributed by atoms with van der Waals surface area (Å²) in [4.78, 5) is 27.3. The van der Waals surface area contributed by atoms with E-state index in [2.05, 4.69) is 22.5 Å². The van der Waals surface area contributed by atoms with Gasteiger partial charge >= 0.3 is 0 Å². The summed E-state index contributed by atoms with van der Waals surface area (Å²) in [5.74, 6) is 0.379. The molecule has 6 heteroatoms. The molecule has 0 saturated carbocycles. The van der Waals surface area contributed by atoms with Crippen LogP contribution in [0.15, 0.2) is 66.9 Å². The van der Waals surface area contributed by atoms with Crippen LogP contribution in [0, 0.1) is 5.92 Å². The van der Waals surface area contributed by atoms with Gasteiger partial charge in [-0.2, -0.15) is 5.10 Å². The second-order valence-electron chi connectivity index (χ2n) is 8.10. The third-order valence-corrected chi connectivity index (χ3v) is 5.99. The van der Waals surface area contributed by atoms with Gasteiger partial charge in [0.15, 0.2) is 0 Å². The van der Waals surface area contributed by atoms with E-state index in [1.54, 1.807) is 10.9 Å². The zero-order valence-electron chi connectivity index (χ0n) is 17.8. The highest BCUT2D eigenvalue weighted by atomic mass is 16.2. The maximum Gasteiger partial charge on any atom is 0.254 e. The molecule has 6 nitrogen and oxygen atoms in total. The number of nitrogens with one attached hydrogen (secondary N) is 1. The number of benzene rings is 2. The van der Waals surface area contributed by atoms with Crippen LogP contribution in [0.2, 0.25) is 0 Å². The summed E-state index contributed by atoms with van der Waals surface area (Å²) in [7, 11) is 1.87. The number of aromatic nitrogens is 2. The standard InChI is InChI=1S/C25H28N4O2/c1-28-23(16-19-8-4-2-5-9-19)22(18-27-28)24(30)26-17-20-12-14-29(15-13-20)25(31)21-10-6-3-7-11-21/h2-11,18,20H,12-17H2,1H3,(H,26,30). The number of hydrogen-bond donors (Lipinski definition) is 1. The largest absolute Gasteiger partial charge is 0.352 e. The van der Waals surface area contributed by atoms with E-state index >= 15 is 0 Å². The van der Waals surface area contributed by atoms with Gasteiger partial charge in [-0.3, -0.25) is 14.3 Å². The lowest BCUT2D eigenvalue weighted by Crippen LogP contribution is -2.41. The molecular formula is C25H28N4O2. The Bertz CT molecular complexity index is 1020. The van der Waals surface area contributed by atoms with Gasteiger partial charge in [0, 0.05) is 38.7 Å². The minimum absolute atomic E-state index is 0.0816. The van der Waals surface area contributed by atoms with Crippen molar-refractivity contribution in [2.75, 3.05) is 19.6 Å². The predicted octanol–water partition coefficient (Wildman–Crippen LogP) is 3.29. The highest BCUT2D eigenvalue weighted by Gasteiger charge is 2.24. The SMILES string of the molecule is Cn1ncc(C(=O)NCC2CCN(C(=O)c3ccccc3)CC2)c1Cc1ccccc1. The van der Waals surface area contributed by atoms with Gasteiger partial charge in [0.25, 0.3) is 11.8 Å². The summed E-state index contributed by atoms with van der Waals surface area (Å²) in [5, 5.41) is 7.39. The quantitative estimate of drug-likeness (QED) is 0.671. The Morgan fingerprint density at radius 2 is 1.65 bits per heavy atom. The highest BCUT2D eigenvalue weighted by molar-refractivity contribution is 5.95. The van der Waals surface area contributed by atoms with Crippen molar-refractivity contribution >= 4 is 11.8 Å². The lowest BCUT2D eigenvalue weighted by Gasteiger charge is -2.32. The molecule has 2 amide bonds. The van der Waals surface area contributed by atoms with Crippen LogP contribution in [0.25, 0.3) is 0 Å². The maximum absolute atomic E-state index is 12.8. The van der Waals surface area contributed by atoms with Crippen molar-refractivity contribution in [3.8, 4) is 0 Å². The van der Waals surface area contributed by atoms with E-state index < -0.39 is 0 Å². The molecule has 1 fully saturated rings. The smallest absolute Gasteiger partial charge is 0.254 e. The fourth-order valence-corrected chi connectivity index (χ4v) is 4.09. The molecule has 1 N–H and O–H groups in total. The molecule has 3 aromatic rings. The summed E-state index contributed by atoms with van der Waals surface area (Å²) in [6.07, 6.45) is 4.10. The second kappa shape index (κ2) is 9.60. The van der Waals surface area contributed by atoms with E-state index in [4.69, 9.17) is 0 Å². The molecule has 0 unspecified atom stereocenters. The molecule has 1 aromatic heterocycles. The van der Waals surface area contributed by atoms with Gasteiger partial charge < -0.3 is 10.2 Å². The Labute approximate surface area is 182 Å². The average molecular weight is 417 g/mol. The number of amides is 2. The molecule has 0 radical (unpaired) electrons. The predicted molar refractivity (Wildman–Crippen MR) is 120 cm³/mol. The zero-order valence-corrected chi connectivity index (χ0v) is 17.8. The number of piperidine rings is 1. The Kier molecular flexibility index (Phi) is 6.46. The molecule has 0 bridgehead atoms. The van der Waals surface area contributed by atoms with Crippen molar-refractivity contribution in [1.82, 2.24) is 20.0 Å². The third-order valence-electron chi connectivity index (χ3n) is 5.99. The number of hydrogen-bond acceptors (Lipinski definition) is 3. The second-order valence-corrected chi connectivity index (χ2v) is 8.10. The van der Waals surface area contributed by atoms with Crippen LogP contribution >= 0.6 is 0 Å². The number of nitrogens with zero attached hydrogens (tertiary/aromatic N) is 3. The van der Waals surface area contributed by atoms with Gasteiger partial charge in [-0.05, 0) is 36.5 Å². The van der Waals surface area contributed by atoms with Crippen molar-refractivity contribution in [2.45, 2.75) is 19.3 Å². The van der Waals surface area contributed by atoms with Crippen molar-refractivity contribution in [1.29, 1.82) is 0 Å². The summed E-state index contributed by atoms with van der Waals surface area (Å²) in [5.41, 5.74) is 3.42. The number of carbonyl (C=O) groups excluding carboxylic acids is 2. The van der Waals surface area contributed by atoms with Crippen molar-refractivity contribution in [2.24, 2.45) is 13.0 Å². The minimum atomic E-state index is -0.0816. The van der Waals surface area contributed by atoms with E-state index in [1.807, 2.05) is 60.5 Å². The first kappa shape index (κ1) is 20.8. The van der Waals surface area contributed by atoms with Crippen LogP contribution < -0.4 is 5.32 Å². The monoisotopic (exact) mass is 416 g/mol. The molecule has 1 aliphatic rings. The van der Waals surface area contributed by atoms with Crippen molar-refractivity contribution < 1.29 is 9.59 Å². The summed E-state index contributed by atoms with van der Waals surface area (Å²) in [6.45, 7) is 2.06. The molecular weight excluding hydrogens is 388 g/mol. The van der Waals surface area contributed by atoms with E-state index in [0.717, 1.165) is 42.8 Å². The first-order chi connectivity index (χ1) is 15.1. The number of aryl methyl sites for hydroxylation is 1.